The molecule has 0 amide bonds. The van der Waals surface area contributed by atoms with Crippen LogP contribution in [-0.2, 0) is 6.42 Å². The van der Waals surface area contributed by atoms with Crippen molar-refractivity contribution in [2.45, 2.75) is 45.4 Å². The summed E-state index contributed by atoms with van der Waals surface area (Å²) in [5.41, 5.74) is 2.32. The molecule has 0 saturated heterocycles. The van der Waals surface area contributed by atoms with Gasteiger partial charge in [0.05, 0.1) is 0 Å². The first-order chi connectivity index (χ1) is 8.75. The van der Waals surface area contributed by atoms with Gasteiger partial charge in [-0.1, -0.05) is 25.3 Å². The standard InChI is InChI=1S/C16H24FN/c1-13-11-16(17)8-7-15(13)9-10-18-12-14-5-3-2-4-6-14/h7-8,11,14,18H,2-6,9-10,12H2,1H3. The second-order valence-electron chi connectivity index (χ2n) is 5.53. The van der Waals surface area contributed by atoms with Crippen LogP contribution in [0.25, 0.3) is 0 Å². The maximum atomic E-state index is 13.0. The molecule has 1 aliphatic carbocycles. The quantitative estimate of drug-likeness (QED) is 0.782. The van der Waals surface area contributed by atoms with E-state index in [4.69, 9.17) is 0 Å². The number of aryl methyl sites for hydroxylation is 1. The van der Waals surface area contributed by atoms with Crippen LogP contribution in [0.5, 0.6) is 0 Å². The molecule has 1 aromatic rings. The molecule has 1 nitrogen and oxygen atoms in total. The van der Waals surface area contributed by atoms with Crippen molar-refractivity contribution in [3.05, 3.63) is 35.1 Å². The van der Waals surface area contributed by atoms with Crippen molar-refractivity contribution < 1.29 is 4.39 Å². The molecule has 1 aromatic carbocycles. The molecule has 0 unspecified atom stereocenters. The Hall–Kier alpha value is -0.890. The van der Waals surface area contributed by atoms with Crippen molar-refractivity contribution in [1.82, 2.24) is 5.32 Å². The van der Waals surface area contributed by atoms with E-state index in [0.717, 1.165) is 31.0 Å². The summed E-state index contributed by atoms with van der Waals surface area (Å²) in [7, 11) is 0. The first kappa shape index (κ1) is 13.5. The molecule has 0 bridgehead atoms. The van der Waals surface area contributed by atoms with Crippen LogP contribution in [0.4, 0.5) is 4.39 Å². The third kappa shape index (κ3) is 4.09. The van der Waals surface area contributed by atoms with Crippen molar-refractivity contribution >= 4 is 0 Å². The SMILES string of the molecule is Cc1cc(F)ccc1CCNCC1CCCCC1. The molecule has 1 aliphatic rings. The van der Waals surface area contributed by atoms with E-state index in [2.05, 4.69) is 5.32 Å². The molecule has 2 heteroatoms. The largest absolute Gasteiger partial charge is 0.316 e. The van der Waals surface area contributed by atoms with Gasteiger partial charge < -0.3 is 5.32 Å². The molecular formula is C16H24FN. The summed E-state index contributed by atoms with van der Waals surface area (Å²) >= 11 is 0. The summed E-state index contributed by atoms with van der Waals surface area (Å²) in [6.07, 6.45) is 8.02. The van der Waals surface area contributed by atoms with Crippen molar-refractivity contribution in [3.63, 3.8) is 0 Å². The zero-order valence-electron chi connectivity index (χ0n) is 11.3. The van der Waals surface area contributed by atoms with Crippen LogP contribution in [0.2, 0.25) is 0 Å². The van der Waals surface area contributed by atoms with Crippen LogP contribution < -0.4 is 5.32 Å². The van der Waals surface area contributed by atoms with Gasteiger partial charge in [0.25, 0.3) is 0 Å². The molecule has 2 rings (SSSR count). The van der Waals surface area contributed by atoms with Crippen LogP contribution in [0.3, 0.4) is 0 Å². The molecule has 1 saturated carbocycles. The molecule has 0 aromatic heterocycles. The fraction of sp³-hybridized carbons (Fsp3) is 0.625. The van der Waals surface area contributed by atoms with Gasteiger partial charge in [0.2, 0.25) is 0 Å². The molecule has 0 heterocycles. The second kappa shape index (κ2) is 6.89. The van der Waals surface area contributed by atoms with Crippen LogP contribution in [0.1, 0.15) is 43.2 Å². The molecule has 1 N–H and O–H groups in total. The number of nitrogens with one attached hydrogen (secondary N) is 1. The van der Waals surface area contributed by atoms with Gasteiger partial charge in [-0.05, 0) is 68.5 Å². The average Bonchev–Trinajstić information content (AvgIpc) is 2.38. The van der Waals surface area contributed by atoms with Crippen molar-refractivity contribution in [2.24, 2.45) is 5.92 Å². The van der Waals surface area contributed by atoms with E-state index in [1.165, 1.54) is 37.7 Å². The zero-order valence-corrected chi connectivity index (χ0v) is 11.3. The predicted molar refractivity (Wildman–Crippen MR) is 74.3 cm³/mol. The number of hydrogen-bond acceptors (Lipinski definition) is 1. The van der Waals surface area contributed by atoms with Crippen molar-refractivity contribution in [1.29, 1.82) is 0 Å². The summed E-state index contributed by atoms with van der Waals surface area (Å²) < 4.78 is 13.0. The van der Waals surface area contributed by atoms with Crippen LogP contribution in [0, 0.1) is 18.7 Å². The topological polar surface area (TPSA) is 12.0 Å². The minimum Gasteiger partial charge on any atom is -0.316 e. The summed E-state index contributed by atoms with van der Waals surface area (Å²) in [6, 6.07) is 5.09. The minimum atomic E-state index is -0.133. The van der Waals surface area contributed by atoms with Gasteiger partial charge in [0, 0.05) is 0 Å². The number of hydrogen-bond donors (Lipinski definition) is 1. The summed E-state index contributed by atoms with van der Waals surface area (Å²) in [4.78, 5) is 0. The lowest BCUT2D eigenvalue weighted by Crippen LogP contribution is -2.26. The Balaban J connectivity index is 1.68. The van der Waals surface area contributed by atoms with Gasteiger partial charge in [0.15, 0.2) is 0 Å². The molecule has 100 valence electrons. The minimum absolute atomic E-state index is 0.133. The van der Waals surface area contributed by atoms with Gasteiger partial charge in [-0.25, -0.2) is 4.39 Å². The predicted octanol–water partition coefficient (Wildman–Crippen LogP) is 3.85. The highest BCUT2D eigenvalue weighted by Gasteiger charge is 2.12. The van der Waals surface area contributed by atoms with Gasteiger partial charge in [-0.3, -0.25) is 0 Å². The number of benzene rings is 1. The monoisotopic (exact) mass is 249 g/mol. The molecule has 0 radical (unpaired) electrons. The fourth-order valence-electron chi connectivity index (χ4n) is 2.86. The molecular weight excluding hydrogens is 225 g/mol. The van der Waals surface area contributed by atoms with Crippen LogP contribution in [0.15, 0.2) is 18.2 Å². The molecule has 1 fully saturated rings. The third-order valence-electron chi connectivity index (χ3n) is 4.03. The third-order valence-corrected chi connectivity index (χ3v) is 4.03. The van der Waals surface area contributed by atoms with Crippen molar-refractivity contribution in [2.75, 3.05) is 13.1 Å². The summed E-state index contributed by atoms with van der Waals surface area (Å²) in [5.74, 6) is 0.750. The lowest BCUT2D eigenvalue weighted by atomic mass is 9.89. The van der Waals surface area contributed by atoms with Gasteiger partial charge in [-0.15, -0.1) is 0 Å². The highest BCUT2D eigenvalue weighted by molar-refractivity contribution is 5.26. The summed E-state index contributed by atoms with van der Waals surface area (Å²) in [6.45, 7) is 4.14. The van der Waals surface area contributed by atoms with Gasteiger partial charge >= 0.3 is 0 Å². The Kier molecular flexibility index (Phi) is 5.18. The Morgan fingerprint density at radius 2 is 2.00 bits per heavy atom. The molecule has 0 aliphatic heterocycles. The van der Waals surface area contributed by atoms with E-state index in [-0.39, 0.29) is 5.82 Å². The molecule has 0 spiro atoms. The first-order valence-corrected chi connectivity index (χ1v) is 7.21. The van der Waals surface area contributed by atoms with E-state index in [0.29, 0.717) is 0 Å². The van der Waals surface area contributed by atoms with Gasteiger partial charge in [0.1, 0.15) is 5.82 Å². The second-order valence-corrected chi connectivity index (χ2v) is 5.53. The normalized spacial score (nSPS) is 17.0. The Morgan fingerprint density at radius 1 is 1.22 bits per heavy atom. The Labute approximate surface area is 110 Å². The van der Waals surface area contributed by atoms with E-state index in [1.807, 2.05) is 13.0 Å². The van der Waals surface area contributed by atoms with Gasteiger partial charge in [-0.2, -0.15) is 0 Å². The molecule has 0 atom stereocenters. The lowest BCUT2D eigenvalue weighted by Gasteiger charge is -2.21. The molecule has 18 heavy (non-hydrogen) atoms. The van der Waals surface area contributed by atoms with Crippen LogP contribution in [-0.4, -0.2) is 13.1 Å². The van der Waals surface area contributed by atoms with E-state index in [1.54, 1.807) is 12.1 Å². The van der Waals surface area contributed by atoms with E-state index in [9.17, 15) is 4.39 Å². The highest BCUT2D eigenvalue weighted by atomic mass is 19.1. The fourth-order valence-corrected chi connectivity index (χ4v) is 2.86. The van der Waals surface area contributed by atoms with Crippen molar-refractivity contribution in [3.8, 4) is 0 Å². The van der Waals surface area contributed by atoms with E-state index >= 15 is 0 Å². The highest BCUT2D eigenvalue weighted by Crippen LogP contribution is 2.22. The smallest absolute Gasteiger partial charge is 0.123 e. The maximum Gasteiger partial charge on any atom is 0.123 e. The Bertz CT molecular complexity index is 369. The first-order valence-electron chi connectivity index (χ1n) is 7.21. The lowest BCUT2D eigenvalue weighted by molar-refractivity contribution is 0.343. The number of rotatable bonds is 5. The van der Waals surface area contributed by atoms with E-state index < -0.39 is 0 Å². The van der Waals surface area contributed by atoms with Crippen LogP contribution >= 0.6 is 0 Å². The maximum absolute atomic E-state index is 13.0. The summed E-state index contributed by atoms with van der Waals surface area (Å²) in [5, 5.41) is 3.55. The average molecular weight is 249 g/mol. The zero-order chi connectivity index (χ0) is 12.8. The number of halogens is 1. The Morgan fingerprint density at radius 3 is 2.72 bits per heavy atom.